The molecule has 2 rings (SSSR count). The largest absolute Gasteiger partial charge is 0.488 e. The summed E-state index contributed by atoms with van der Waals surface area (Å²) in [6.07, 6.45) is 5.20. The Balaban J connectivity index is 1.94. The SMILES string of the molecule is CC1CCC(N(C)Cc2cccc(B(O)O)c2)CC1. The monoisotopic (exact) mass is 261 g/mol. The van der Waals surface area contributed by atoms with E-state index in [4.69, 9.17) is 0 Å². The summed E-state index contributed by atoms with van der Waals surface area (Å²) in [5.74, 6) is 0.873. The number of benzene rings is 1. The normalized spacial score (nSPS) is 23.6. The molecular weight excluding hydrogens is 237 g/mol. The zero-order valence-electron chi connectivity index (χ0n) is 11.9. The molecule has 0 unspecified atom stereocenters. The van der Waals surface area contributed by atoms with Crippen LogP contribution in [-0.2, 0) is 6.54 Å². The van der Waals surface area contributed by atoms with Gasteiger partial charge in [-0.15, -0.1) is 0 Å². The molecule has 1 aliphatic carbocycles. The minimum absolute atomic E-state index is 0.572. The molecule has 0 amide bonds. The zero-order valence-corrected chi connectivity index (χ0v) is 11.9. The molecule has 0 aliphatic heterocycles. The highest BCUT2D eigenvalue weighted by Crippen LogP contribution is 2.27. The Labute approximate surface area is 116 Å². The van der Waals surface area contributed by atoms with Gasteiger partial charge in [-0.2, -0.15) is 0 Å². The molecule has 3 nitrogen and oxygen atoms in total. The average molecular weight is 261 g/mol. The molecule has 0 spiro atoms. The van der Waals surface area contributed by atoms with Crippen molar-refractivity contribution >= 4 is 12.6 Å². The quantitative estimate of drug-likeness (QED) is 0.805. The lowest BCUT2D eigenvalue weighted by atomic mass is 9.79. The van der Waals surface area contributed by atoms with Crippen LogP contribution in [0, 0.1) is 5.92 Å². The first-order valence-corrected chi connectivity index (χ1v) is 7.21. The standard InChI is InChI=1S/C15H24BNO2/c1-12-6-8-15(9-7-12)17(2)11-13-4-3-5-14(10-13)16(18)19/h3-5,10,12,15,18-19H,6-9,11H2,1-2H3. The molecular formula is C15H24BNO2. The molecule has 2 N–H and O–H groups in total. The topological polar surface area (TPSA) is 43.7 Å². The van der Waals surface area contributed by atoms with Gasteiger partial charge in [0.25, 0.3) is 0 Å². The minimum Gasteiger partial charge on any atom is -0.423 e. The van der Waals surface area contributed by atoms with Crippen molar-refractivity contribution in [2.24, 2.45) is 5.92 Å². The Kier molecular flexibility index (Phi) is 5.02. The lowest BCUT2D eigenvalue weighted by Gasteiger charge is -2.33. The van der Waals surface area contributed by atoms with Crippen molar-refractivity contribution in [1.29, 1.82) is 0 Å². The Morgan fingerprint density at radius 3 is 2.53 bits per heavy atom. The number of nitrogens with zero attached hydrogens (tertiary/aromatic N) is 1. The summed E-state index contributed by atoms with van der Waals surface area (Å²) in [4.78, 5) is 2.40. The van der Waals surface area contributed by atoms with Crippen LogP contribution in [-0.4, -0.2) is 35.2 Å². The van der Waals surface area contributed by atoms with E-state index in [0.29, 0.717) is 11.5 Å². The summed E-state index contributed by atoms with van der Waals surface area (Å²) < 4.78 is 0. The van der Waals surface area contributed by atoms with Gasteiger partial charge in [0.05, 0.1) is 0 Å². The Morgan fingerprint density at radius 1 is 1.21 bits per heavy atom. The van der Waals surface area contributed by atoms with E-state index in [0.717, 1.165) is 18.0 Å². The molecule has 0 radical (unpaired) electrons. The van der Waals surface area contributed by atoms with Crippen LogP contribution in [0.4, 0.5) is 0 Å². The van der Waals surface area contributed by atoms with Gasteiger partial charge in [0.1, 0.15) is 0 Å². The fourth-order valence-corrected chi connectivity index (χ4v) is 2.95. The van der Waals surface area contributed by atoms with Crippen LogP contribution in [0.5, 0.6) is 0 Å². The fraction of sp³-hybridized carbons (Fsp3) is 0.600. The van der Waals surface area contributed by atoms with E-state index in [1.165, 1.54) is 25.7 Å². The molecule has 1 aromatic rings. The van der Waals surface area contributed by atoms with E-state index in [9.17, 15) is 10.0 Å². The Bertz CT molecular complexity index is 403. The molecule has 4 heteroatoms. The highest BCUT2D eigenvalue weighted by molar-refractivity contribution is 6.58. The van der Waals surface area contributed by atoms with Gasteiger partial charge in [0.2, 0.25) is 0 Å². The third kappa shape index (κ3) is 4.06. The average Bonchev–Trinajstić information content (AvgIpc) is 2.39. The molecule has 1 fully saturated rings. The van der Waals surface area contributed by atoms with Gasteiger partial charge < -0.3 is 10.0 Å². The lowest BCUT2D eigenvalue weighted by molar-refractivity contribution is 0.164. The van der Waals surface area contributed by atoms with Crippen LogP contribution >= 0.6 is 0 Å². The van der Waals surface area contributed by atoms with E-state index in [-0.39, 0.29) is 0 Å². The second-order valence-corrected chi connectivity index (χ2v) is 5.95. The van der Waals surface area contributed by atoms with Crippen LogP contribution in [0.15, 0.2) is 24.3 Å². The maximum atomic E-state index is 9.20. The van der Waals surface area contributed by atoms with Gasteiger partial charge in [-0.1, -0.05) is 31.2 Å². The molecule has 19 heavy (non-hydrogen) atoms. The number of rotatable bonds is 4. The van der Waals surface area contributed by atoms with E-state index in [1.807, 2.05) is 18.2 Å². The van der Waals surface area contributed by atoms with Crippen LogP contribution in [0.3, 0.4) is 0 Å². The summed E-state index contributed by atoms with van der Waals surface area (Å²) in [5, 5.41) is 18.4. The first kappa shape index (κ1) is 14.6. The summed E-state index contributed by atoms with van der Waals surface area (Å²) in [6, 6.07) is 8.23. The van der Waals surface area contributed by atoms with Crippen molar-refractivity contribution in [3.8, 4) is 0 Å². The van der Waals surface area contributed by atoms with Gasteiger partial charge in [-0.3, -0.25) is 4.90 Å². The van der Waals surface area contributed by atoms with Crippen LogP contribution < -0.4 is 5.46 Å². The first-order valence-electron chi connectivity index (χ1n) is 7.21. The molecule has 0 saturated heterocycles. The maximum Gasteiger partial charge on any atom is 0.488 e. The fourth-order valence-electron chi connectivity index (χ4n) is 2.95. The highest BCUT2D eigenvalue weighted by Gasteiger charge is 2.21. The van der Waals surface area contributed by atoms with Gasteiger partial charge in [-0.05, 0) is 49.7 Å². The van der Waals surface area contributed by atoms with E-state index < -0.39 is 7.12 Å². The smallest absolute Gasteiger partial charge is 0.423 e. The van der Waals surface area contributed by atoms with Crippen molar-refractivity contribution in [1.82, 2.24) is 4.90 Å². The molecule has 1 aliphatic rings. The molecule has 0 aromatic heterocycles. The molecule has 1 saturated carbocycles. The zero-order chi connectivity index (χ0) is 13.8. The number of hydrogen-bond donors (Lipinski definition) is 2. The van der Waals surface area contributed by atoms with Gasteiger partial charge in [0, 0.05) is 12.6 Å². The van der Waals surface area contributed by atoms with Gasteiger partial charge >= 0.3 is 7.12 Å². The van der Waals surface area contributed by atoms with Crippen molar-refractivity contribution in [3.05, 3.63) is 29.8 Å². The molecule has 104 valence electrons. The van der Waals surface area contributed by atoms with E-state index >= 15 is 0 Å². The van der Waals surface area contributed by atoms with Crippen LogP contribution in [0.25, 0.3) is 0 Å². The minimum atomic E-state index is -1.37. The van der Waals surface area contributed by atoms with E-state index in [1.54, 1.807) is 6.07 Å². The number of hydrogen-bond acceptors (Lipinski definition) is 3. The first-order chi connectivity index (χ1) is 9.06. The summed E-state index contributed by atoms with van der Waals surface area (Å²) in [7, 11) is 0.795. The molecule has 0 bridgehead atoms. The second kappa shape index (κ2) is 6.55. The lowest BCUT2D eigenvalue weighted by Crippen LogP contribution is -2.35. The van der Waals surface area contributed by atoms with Crippen LogP contribution in [0.1, 0.15) is 38.2 Å². The van der Waals surface area contributed by atoms with Gasteiger partial charge in [0.15, 0.2) is 0 Å². The maximum absolute atomic E-state index is 9.20. The highest BCUT2D eigenvalue weighted by atomic mass is 16.4. The Morgan fingerprint density at radius 2 is 1.89 bits per heavy atom. The van der Waals surface area contributed by atoms with Crippen molar-refractivity contribution in [3.63, 3.8) is 0 Å². The predicted octanol–water partition coefficient (Wildman–Crippen LogP) is 1.38. The van der Waals surface area contributed by atoms with Crippen molar-refractivity contribution in [2.45, 2.75) is 45.2 Å². The predicted molar refractivity (Wildman–Crippen MR) is 79.2 cm³/mol. The molecule has 1 aromatic carbocycles. The van der Waals surface area contributed by atoms with Crippen molar-refractivity contribution in [2.75, 3.05) is 7.05 Å². The summed E-state index contributed by atoms with van der Waals surface area (Å²) in [6.45, 7) is 3.21. The third-order valence-corrected chi connectivity index (χ3v) is 4.29. The van der Waals surface area contributed by atoms with E-state index in [2.05, 4.69) is 18.9 Å². The van der Waals surface area contributed by atoms with Gasteiger partial charge in [-0.25, -0.2) is 0 Å². The second-order valence-electron chi connectivity index (χ2n) is 5.95. The summed E-state index contributed by atoms with van der Waals surface area (Å²) >= 11 is 0. The third-order valence-electron chi connectivity index (χ3n) is 4.29. The summed E-state index contributed by atoms with van der Waals surface area (Å²) in [5.41, 5.74) is 1.72. The Hall–Kier alpha value is -0.835. The molecule has 0 atom stereocenters. The molecule has 0 heterocycles. The van der Waals surface area contributed by atoms with Crippen LogP contribution in [0.2, 0.25) is 0 Å². The van der Waals surface area contributed by atoms with Crippen molar-refractivity contribution < 1.29 is 10.0 Å².